The van der Waals surface area contributed by atoms with Crippen molar-refractivity contribution in [1.29, 1.82) is 0 Å². The molecule has 0 fully saturated rings. The number of unbranched alkanes of at least 4 members (excludes halogenated alkanes) is 1. The van der Waals surface area contributed by atoms with Crippen LogP contribution in [0.5, 0.6) is 0 Å². The fourth-order valence-electron chi connectivity index (χ4n) is 0.570. The van der Waals surface area contributed by atoms with Crippen molar-refractivity contribution in [3.05, 3.63) is 0 Å². The molecule has 0 aliphatic carbocycles. The molecular weight excluding hydrogens is 147 g/mol. The molecule has 0 rings (SSSR count). The van der Waals surface area contributed by atoms with Crippen molar-refractivity contribution in [1.82, 2.24) is 0 Å². The Morgan fingerprint density at radius 2 is 2.00 bits per heavy atom. The van der Waals surface area contributed by atoms with Gasteiger partial charge in [0.25, 0.3) is 0 Å². The lowest BCUT2D eigenvalue weighted by Gasteiger charge is -2.07. The zero-order valence-electron chi connectivity index (χ0n) is 6.84. The summed E-state index contributed by atoms with van der Waals surface area (Å²) in [6.45, 7) is 4.89. The van der Waals surface area contributed by atoms with Crippen LogP contribution in [0.15, 0.2) is 0 Å². The van der Waals surface area contributed by atoms with Crippen molar-refractivity contribution in [2.75, 3.05) is 12.8 Å². The van der Waals surface area contributed by atoms with Crippen LogP contribution in [0.1, 0.15) is 33.1 Å². The Labute approximate surface area is 64.5 Å². The van der Waals surface area contributed by atoms with Gasteiger partial charge < -0.3 is 9.42 Å². The van der Waals surface area contributed by atoms with Crippen LogP contribution >= 0.6 is 8.38 Å². The lowest BCUT2D eigenvalue weighted by molar-refractivity contribution is 0.302. The van der Waals surface area contributed by atoms with Crippen molar-refractivity contribution < 1.29 is 9.42 Å². The van der Waals surface area contributed by atoms with Crippen LogP contribution in [0.25, 0.3) is 0 Å². The highest BCUT2D eigenvalue weighted by molar-refractivity contribution is 7.46. The van der Waals surface area contributed by atoms with Gasteiger partial charge in [0.05, 0.1) is 6.61 Å². The van der Waals surface area contributed by atoms with E-state index in [-0.39, 0.29) is 0 Å². The monoisotopic (exact) mass is 164 g/mol. The lowest BCUT2D eigenvalue weighted by atomic mass is 10.4. The molecule has 0 radical (unpaired) electrons. The average molecular weight is 164 g/mol. The molecule has 0 amide bonds. The fraction of sp³-hybridized carbons (Fsp3) is 1.00. The van der Waals surface area contributed by atoms with Gasteiger partial charge in [0.2, 0.25) is 0 Å². The molecule has 1 N–H and O–H groups in total. The summed E-state index contributed by atoms with van der Waals surface area (Å²) < 4.78 is 5.14. The summed E-state index contributed by atoms with van der Waals surface area (Å²) in [5.74, 6) is 0. The third-order valence-electron chi connectivity index (χ3n) is 1.15. The molecule has 2 nitrogen and oxygen atoms in total. The third kappa shape index (κ3) is 6.47. The van der Waals surface area contributed by atoms with E-state index in [2.05, 4.69) is 13.8 Å². The number of hydrogen-bond acceptors (Lipinski definition) is 2. The molecule has 0 bridgehead atoms. The predicted molar refractivity (Wildman–Crippen MR) is 45.2 cm³/mol. The van der Waals surface area contributed by atoms with Crippen LogP contribution in [0.2, 0.25) is 0 Å². The van der Waals surface area contributed by atoms with Gasteiger partial charge in [-0.1, -0.05) is 20.3 Å². The third-order valence-corrected chi connectivity index (χ3v) is 2.46. The first kappa shape index (κ1) is 10.3. The second-order valence-corrected chi connectivity index (χ2v) is 3.67. The molecule has 0 aliphatic heterocycles. The van der Waals surface area contributed by atoms with Crippen LogP contribution in [0, 0.1) is 0 Å². The molecule has 3 heteroatoms. The Kier molecular flexibility index (Phi) is 7.72. The SMILES string of the molecule is CCCCOP(O)CCC. The van der Waals surface area contributed by atoms with E-state index >= 15 is 0 Å². The summed E-state index contributed by atoms with van der Waals surface area (Å²) in [7, 11) is -1.09. The van der Waals surface area contributed by atoms with Crippen molar-refractivity contribution in [2.45, 2.75) is 33.1 Å². The summed E-state index contributed by atoms with van der Waals surface area (Å²) >= 11 is 0. The van der Waals surface area contributed by atoms with E-state index in [1.165, 1.54) is 0 Å². The molecule has 1 unspecified atom stereocenters. The maximum atomic E-state index is 9.12. The van der Waals surface area contributed by atoms with Crippen LogP contribution in [-0.4, -0.2) is 17.7 Å². The Morgan fingerprint density at radius 1 is 1.30 bits per heavy atom. The van der Waals surface area contributed by atoms with E-state index in [1.807, 2.05) is 0 Å². The predicted octanol–water partition coefficient (Wildman–Crippen LogP) is 2.52. The topological polar surface area (TPSA) is 29.5 Å². The van der Waals surface area contributed by atoms with Gasteiger partial charge in [-0.2, -0.15) is 0 Å². The molecule has 0 aromatic rings. The summed E-state index contributed by atoms with van der Waals surface area (Å²) in [6.07, 6.45) is 4.02. The van der Waals surface area contributed by atoms with Gasteiger partial charge in [0.15, 0.2) is 8.38 Å². The molecule has 10 heavy (non-hydrogen) atoms. The Morgan fingerprint density at radius 3 is 2.50 bits per heavy atom. The Hall–Kier alpha value is 0.350. The van der Waals surface area contributed by atoms with Crippen LogP contribution in [-0.2, 0) is 4.52 Å². The summed E-state index contributed by atoms with van der Waals surface area (Å²) in [5.41, 5.74) is 0. The van der Waals surface area contributed by atoms with E-state index in [0.717, 1.165) is 32.0 Å². The molecular formula is C7H17O2P. The minimum atomic E-state index is -1.09. The lowest BCUT2D eigenvalue weighted by Crippen LogP contribution is -1.90. The zero-order chi connectivity index (χ0) is 7.82. The molecule has 0 aromatic heterocycles. The first-order valence-electron chi connectivity index (χ1n) is 3.90. The number of rotatable bonds is 6. The second-order valence-electron chi connectivity index (χ2n) is 2.26. The highest BCUT2D eigenvalue weighted by atomic mass is 31.2. The average Bonchev–Trinajstić information content (AvgIpc) is 1.89. The summed E-state index contributed by atoms with van der Waals surface area (Å²) in [4.78, 5) is 9.12. The molecule has 0 saturated heterocycles. The maximum absolute atomic E-state index is 9.12. The van der Waals surface area contributed by atoms with Gasteiger partial charge in [-0.05, 0) is 12.8 Å². The van der Waals surface area contributed by atoms with Crippen molar-refractivity contribution >= 4 is 8.38 Å². The first-order chi connectivity index (χ1) is 4.81. The van der Waals surface area contributed by atoms with Gasteiger partial charge in [0.1, 0.15) is 0 Å². The first-order valence-corrected chi connectivity index (χ1v) is 5.30. The smallest absolute Gasteiger partial charge is 0.167 e. The van der Waals surface area contributed by atoms with Crippen LogP contribution < -0.4 is 0 Å². The fourth-order valence-corrected chi connectivity index (χ4v) is 1.42. The summed E-state index contributed by atoms with van der Waals surface area (Å²) in [6, 6.07) is 0. The highest BCUT2D eigenvalue weighted by Gasteiger charge is 2.00. The molecule has 0 spiro atoms. The molecule has 0 aromatic carbocycles. The van der Waals surface area contributed by atoms with Crippen LogP contribution in [0.3, 0.4) is 0 Å². The van der Waals surface area contributed by atoms with Gasteiger partial charge in [0, 0.05) is 6.16 Å². The summed E-state index contributed by atoms with van der Waals surface area (Å²) in [5, 5.41) is 0. The van der Waals surface area contributed by atoms with Crippen molar-refractivity contribution in [3.63, 3.8) is 0 Å². The normalized spacial score (nSPS) is 13.5. The molecule has 0 heterocycles. The zero-order valence-corrected chi connectivity index (χ0v) is 7.73. The van der Waals surface area contributed by atoms with E-state index in [4.69, 9.17) is 9.42 Å². The van der Waals surface area contributed by atoms with E-state index < -0.39 is 8.38 Å². The van der Waals surface area contributed by atoms with Gasteiger partial charge in [-0.25, -0.2) is 0 Å². The maximum Gasteiger partial charge on any atom is 0.167 e. The molecule has 0 aliphatic rings. The van der Waals surface area contributed by atoms with Crippen molar-refractivity contribution in [2.24, 2.45) is 0 Å². The molecule has 62 valence electrons. The Balaban J connectivity index is 2.97. The van der Waals surface area contributed by atoms with Gasteiger partial charge in [-0.3, -0.25) is 0 Å². The standard InChI is InChI=1S/C7H17O2P/c1-3-5-6-9-10(8)7-4-2/h8H,3-7H2,1-2H3. The minimum Gasteiger partial charge on any atom is -0.350 e. The largest absolute Gasteiger partial charge is 0.350 e. The second kappa shape index (κ2) is 7.46. The van der Waals surface area contributed by atoms with E-state index in [9.17, 15) is 0 Å². The van der Waals surface area contributed by atoms with E-state index in [0.29, 0.717) is 0 Å². The van der Waals surface area contributed by atoms with Gasteiger partial charge >= 0.3 is 0 Å². The van der Waals surface area contributed by atoms with Crippen molar-refractivity contribution in [3.8, 4) is 0 Å². The van der Waals surface area contributed by atoms with Crippen LogP contribution in [0.4, 0.5) is 0 Å². The van der Waals surface area contributed by atoms with E-state index in [1.54, 1.807) is 0 Å². The van der Waals surface area contributed by atoms with Gasteiger partial charge in [-0.15, -0.1) is 0 Å². The Bertz CT molecular complexity index is 68.6. The molecule has 1 atom stereocenters. The quantitative estimate of drug-likeness (QED) is 0.482. The molecule has 0 saturated carbocycles. The number of hydrogen-bond donors (Lipinski definition) is 1. The highest BCUT2D eigenvalue weighted by Crippen LogP contribution is 2.31. The minimum absolute atomic E-state index is 0.721.